The second-order valence-electron chi connectivity index (χ2n) is 3.18. The summed E-state index contributed by atoms with van der Waals surface area (Å²) in [5.41, 5.74) is 0.810. The summed E-state index contributed by atoms with van der Waals surface area (Å²) in [5, 5.41) is 15.7. The molecule has 0 aliphatic heterocycles. The number of nitrogens with zero attached hydrogens (tertiary/aromatic N) is 4. The number of pyridine rings is 1. The maximum Gasteiger partial charge on any atom is 0.408 e. The number of halogens is 3. The normalized spacial score (nSPS) is 12.2. The minimum atomic E-state index is -4.35. The predicted octanol–water partition coefficient (Wildman–Crippen LogP) is 0.881. The molecule has 1 N–H and O–H groups in total. The van der Waals surface area contributed by atoms with Crippen molar-refractivity contribution in [2.45, 2.75) is 19.3 Å². The molecule has 0 fully saturated rings. The summed E-state index contributed by atoms with van der Waals surface area (Å²) in [4.78, 5) is 3.77. The van der Waals surface area contributed by atoms with E-state index in [4.69, 9.17) is 5.11 Å². The third kappa shape index (κ3) is 2.11. The van der Waals surface area contributed by atoms with Crippen LogP contribution in [0.3, 0.4) is 0 Å². The van der Waals surface area contributed by atoms with Crippen LogP contribution in [-0.4, -0.2) is 31.3 Å². The number of aliphatic hydroxyl groups is 1. The van der Waals surface area contributed by atoms with Crippen molar-refractivity contribution in [3.05, 3.63) is 18.0 Å². The van der Waals surface area contributed by atoms with Gasteiger partial charge in [-0.15, -0.1) is 5.10 Å². The lowest BCUT2D eigenvalue weighted by molar-refractivity contribution is -0.142. The Balaban J connectivity index is 2.42. The minimum absolute atomic E-state index is 0.189. The van der Waals surface area contributed by atoms with Crippen molar-refractivity contribution in [3.63, 3.8) is 0 Å². The molecule has 0 amide bonds. The molecule has 0 saturated carbocycles. The van der Waals surface area contributed by atoms with Crippen LogP contribution in [0.4, 0.5) is 13.2 Å². The Morgan fingerprint density at radius 2 is 2.12 bits per heavy atom. The molecule has 86 valence electrons. The van der Waals surface area contributed by atoms with Crippen LogP contribution < -0.4 is 0 Å². The molecule has 16 heavy (non-hydrogen) atoms. The Bertz CT molecular complexity index is 507. The Hall–Kier alpha value is -1.70. The molecule has 0 aromatic carbocycles. The van der Waals surface area contributed by atoms with Gasteiger partial charge in [-0.3, -0.25) is 4.98 Å². The SMILES string of the molecule is OCc1cc2nnn(CC(F)(F)F)c2cn1. The smallest absolute Gasteiger partial charge is 0.390 e. The largest absolute Gasteiger partial charge is 0.408 e. The van der Waals surface area contributed by atoms with Crippen LogP contribution in [0.15, 0.2) is 12.3 Å². The maximum absolute atomic E-state index is 12.1. The van der Waals surface area contributed by atoms with E-state index in [0.29, 0.717) is 5.69 Å². The van der Waals surface area contributed by atoms with Crippen molar-refractivity contribution >= 4 is 11.0 Å². The number of hydrogen-bond donors (Lipinski definition) is 1. The Morgan fingerprint density at radius 1 is 1.38 bits per heavy atom. The zero-order valence-corrected chi connectivity index (χ0v) is 7.94. The van der Waals surface area contributed by atoms with E-state index < -0.39 is 12.7 Å². The Labute approximate surface area is 87.5 Å². The maximum atomic E-state index is 12.1. The van der Waals surface area contributed by atoms with Gasteiger partial charge in [-0.1, -0.05) is 5.21 Å². The molecule has 0 unspecified atom stereocenters. The summed E-state index contributed by atoms with van der Waals surface area (Å²) >= 11 is 0. The summed E-state index contributed by atoms with van der Waals surface area (Å²) in [6, 6.07) is 1.40. The molecule has 2 heterocycles. The van der Waals surface area contributed by atoms with Gasteiger partial charge in [-0.25, -0.2) is 4.68 Å². The van der Waals surface area contributed by atoms with E-state index in [1.807, 2.05) is 0 Å². The van der Waals surface area contributed by atoms with E-state index >= 15 is 0 Å². The molecular weight excluding hydrogens is 225 g/mol. The summed E-state index contributed by atoms with van der Waals surface area (Å²) < 4.78 is 37.2. The average molecular weight is 232 g/mol. The third-order valence-corrected chi connectivity index (χ3v) is 1.95. The van der Waals surface area contributed by atoms with E-state index in [-0.39, 0.29) is 17.6 Å². The molecule has 0 bridgehead atoms. The second-order valence-corrected chi connectivity index (χ2v) is 3.18. The molecule has 2 rings (SSSR count). The van der Waals surface area contributed by atoms with Gasteiger partial charge in [-0.05, 0) is 6.07 Å². The van der Waals surface area contributed by atoms with E-state index in [0.717, 1.165) is 4.68 Å². The van der Waals surface area contributed by atoms with Crippen molar-refractivity contribution in [1.29, 1.82) is 0 Å². The van der Waals surface area contributed by atoms with Crippen molar-refractivity contribution in [2.75, 3.05) is 0 Å². The number of aliphatic hydroxyl groups excluding tert-OH is 1. The van der Waals surface area contributed by atoms with Gasteiger partial charge in [0.2, 0.25) is 0 Å². The van der Waals surface area contributed by atoms with Crippen LogP contribution in [0.2, 0.25) is 0 Å². The van der Waals surface area contributed by atoms with Gasteiger partial charge in [0.1, 0.15) is 17.6 Å². The molecular formula is C8H7F3N4O. The summed E-state index contributed by atoms with van der Waals surface area (Å²) in [6.45, 7) is -1.49. The average Bonchev–Trinajstić information content (AvgIpc) is 2.58. The van der Waals surface area contributed by atoms with E-state index in [1.54, 1.807) is 0 Å². The van der Waals surface area contributed by atoms with Crippen molar-refractivity contribution < 1.29 is 18.3 Å². The lowest BCUT2D eigenvalue weighted by atomic mass is 10.3. The zero-order valence-electron chi connectivity index (χ0n) is 7.94. The fourth-order valence-corrected chi connectivity index (χ4v) is 1.28. The van der Waals surface area contributed by atoms with E-state index in [1.165, 1.54) is 12.3 Å². The first kappa shape index (κ1) is 10.8. The molecule has 0 aliphatic rings. The molecule has 2 aromatic heterocycles. The van der Waals surface area contributed by atoms with Gasteiger partial charge < -0.3 is 5.11 Å². The van der Waals surface area contributed by atoms with Gasteiger partial charge >= 0.3 is 6.18 Å². The van der Waals surface area contributed by atoms with E-state index in [9.17, 15) is 13.2 Å². The first-order valence-electron chi connectivity index (χ1n) is 4.35. The number of hydrogen-bond acceptors (Lipinski definition) is 4. The van der Waals surface area contributed by atoms with Crippen LogP contribution in [0, 0.1) is 0 Å². The van der Waals surface area contributed by atoms with Gasteiger partial charge in [0.25, 0.3) is 0 Å². The van der Waals surface area contributed by atoms with Gasteiger partial charge in [-0.2, -0.15) is 13.2 Å². The summed E-state index contributed by atoms with van der Waals surface area (Å²) in [7, 11) is 0. The van der Waals surface area contributed by atoms with Crippen molar-refractivity contribution in [2.24, 2.45) is 0 Å². The summed E-state index contributed by atoms with van der Waals surface area (Å²) in [6.07, 6.45) is -3.14. The molecule has 0 aliphatic carbocycles. The lowest BCUT2D eigenvalue weighted by Gasteiger charge is -2.05. The fourth-order valence-electron chi connectivity index (χ4n) is 1.28. The Morgan fingerprint density at radius 3 is 2.75 bits per heavy atom. The highest BCUT2D eigenvalue weighted by Crippen LogP contribution is 2.19. The molecule has 0 radical (unpaired) electrons. The quantitative estimate of drug-likeness (QED) is 0.834. The predicted molar refractivity (Wildman–Crippen MR) is 47.3 cm³/mol. The van der Waals surface area contributed by atoms with Crippen LogP contribution in [0.5, 0.6) is 0 Å². The topological polar surface area (TPSA) is 63.8 Å². The van der Waals surface area contributed by atoms with E-state index in [2.05, 4.69) is 15.3 Å². The molecule has 2 aromatic rings. The monoisotopic (exact) mass is 232 g/mol. The first-order valence-corrected chi connectivity index (χ1v) is 4.35. The molecule has 0 atom stereocenters. The van der Waals surface area contributed by atoms with Crippen LogP contribution >= 0.6 is 0 Å². The van der Waals surface area contributed by atoms with Gasteiger partial charge in [0.15, 0.2) is 0 Å². The fraction of sp³-hybridized carbons (Fsp3) is 0.375. The van der Waals surface area contributed by atoms with Crippen LogP contribution in [0.25, 0.3) is 11.0 Å². The molecule has 5 nitrogen and oxygen atoms in total. The highest BCUT2D eigenvalue weighted by Gasteiger charge is 2.29. The zero-order chi connectivity index (χ0) is 11.8. The van der Waals surface area contributed by atoms with Gasteiger partial charge in [0, 0.05) is 0 Å². The standard InChI is InChI=1S/C8H7F3N4O/c9-8(10,11)4-15-7-2-12-5(3-16)1-6(7)13-14-15/h1-2,16H,3-4H2. The van der Waals surface area contributed by atoms with Gasteiger partial charge in [0.05, 0.1) is 18.5 Å². The number of fused-ring (bicyclic) bond motifs is 1. The summed E-state index contributed by atoms with van der Waals surface area (Å²) in [5.74, 6) is 0. The van der Waals surface area contributed by atoms with Crippen LogP contribution in [-0.2, 0) is 13.2 Å². The van der Waals surface area contributed by atoms with Crippen molar-refractivity contribution in [1.82, 2.24) is 20.0 Å². The highest BCUT2D eigenvalue weighted by molar-refractivity contribution is 5.73. The lowest BCUT2D eigenvalue weighted by Crippen LogP contribution is -2.18. The number of aromatic nitrogens is 4. The van der Waals surface area contributed by atoms with Crippen LogP contribution in [0.1, 0.15) is 5.69 Å². The number of alkyl halides is 3. The highest BCUT2D eigenvalue weighted by atomic mass is 19.4. The molecule has 0 spiro atoms. The first-order chi connectivity index (χ1) is 7.49. The second kappa shape index (κ2) is 3.71. The molecule has 8 heteroatoms. The Kier molecular flexibility index (Phi) is 2.50. The third-order valence-electron chi connectivity index (χ3n) is 1.95. The molecule has 0 saturated heterocycles. The number of rotatable bonds is 2. The minimum Gasteiger partial charge on any atom is -0.390 e. The van der Waals surface area contributed by atoms with Crippen molar-refractivity contribution in [3.8, 4) is 0 Å².